The van der Waals surface area contributed by atoms with E-state index in [2.05, 4.69) is 24.4 Å². The summed E-state index contributed by atoms with van der Waals surface area (Å²) in [6, 6.07) is 15.8. The first-order valence-electron chi connectivity index (χ1n) is 6.21. The number of benzene rings is 1. The molecule has 1 N–H and O–H groups in total. The van der Waals surface area contributed by atoms with Crippen LogP contribution in [0.5, 0.6) is 0 Å². The molecule has 0 saturated heterocycles. The minimum absolute atomic E-state index is 0.0478. The second-order valence-corrected chi connectivity index (χ2v) is 4.32. The maximum atomic E-state index is 11.5. The number of nitrogens with zero attached hydrogens (tertiary/aromatic N) is 1. The lowest BCUT2D eigenvalue weighted by molar-refractivity contribution is 0.524. The lowest BCUT2D eigenvalue weighted by Crippen LogP contribution is -2.27. The number of rotatable bonds is 5. The van der Waals surface area contributed by atoms with E-state index < -0.39 is 0 Å². The Balaban J connectivity index is 1.86. The lowest BCUT2D eigenvalue weighted by atomic mass is 10.1. The van der Waals surface area contributed by atoms with Gasteiger partial charge in [0, 0.05) is 31.4 Å². The summed E-state index contributed by atoms with van der Waals surface area (Å²) in [5.74, 6) is 0. The van der Waals surface area contributed by atoms with Gasteiger partial charge in [-0.25, -0.2) is 0 Å². The highest BCUT2D eigenvalue weighted by Gasteiger charge is 2.03. The van der Waals surface area contributed by atoms with Crippen molar-refractivity contribution >= 4 is 0 Å². The van der Waals surface area contributed by atoms with Gasteiger partial charge in [0.25, 0.3) is 5.56 Å². The summed E-state index contributed by atoms with van der Waals surface area (Å²) in [7, 11) is 0. The summed E-state index contributed by atoms with van der Waals surface area (Å²) in [6.45, 7) is 3.60. The highest BCUT2D eigenvalue weighted by molar-refractivity contribution is 5.17. The van der Waals surface area contributed by atoms with Gasteiger partial charge >= 0.3 is 0 Å². The Morgan fingerprint density at radius 1 is 1.11 bits per heavy atom. The molecule has 0 fully saturated rings. The minimum atomic E-state index is 0.0478. The van der Waals surface area contributed by atoms with Crippen molar-refractivity contribution < 1.29 is 0 Å². The molecule has 0 aliphatic rings. The molecule has 3 heteroatoms. The van der Waals surface area contributed by atoms with Crippen LogP contribution in [-0.4, -0.2) is 11.1 Å². The predicted octanol–water partition coefficient (Wildman–Crippen LogP) is 2.20. The maximum Gasteiger partial charge on any atom is 0.250 e. The third-order valence-corrected chi connectivity index (χ3v) is 3.00. The average molecular weight is 242 g/mol. The summed E-state index contributed by atoms with van der Waals surface area (Å²) in [4.78, 5) is 11.5. The summed E-state index contributed by atoms with van der Waals surface area (Å²) >= 11 is 0. The molecule has 1 unspecified atom stereocenters. The Kier molecular flexibility index (Phi) is 4.31. The number of hydrogen-bond acceptors (Lipinski definition) is 2. The SMILES string of the molecule is CC(NCCn1ccccc1=O)c1ccccc1. The van der Waals surface area contributed by atoms with Crippen LogP contribution in [0.15, 0.2) is 59.5 Å². The van der Waals surface area contributed by atoms with Crippen LogP contribution in [0.3, 0.4) is 0 Å². The van der Waals surface area contributed by atoms with Crippen molar-refractivity contribution in [1.82, 2.24) is 9.88 Å². The second-order valence-electron chi connectivity index (χ2n) is 4.32. The minimum Gasteiger partial charge on any atom is -0.314 e. The maximum absolute atomic E-state index is 11.5. The largest absolute Gasteiger partial charge is 0.314 e. The fourth-order valence-electron chi connectivity index (χ4n) is 1.91. The van der Waals surface area contributed by atoms with Crippen LogP contribution < -0.4 is 10.9 Å². The Bertz CT molecular complexity index is 533. The van der Waals surface area contributed by atoms with E-state index in [0.29, 0.717) is 12.6 Å². The number of pyridine rings is 1. The van der Waals surface area contributed by atoms with Gasteiger partial charge in [-0.2, -0.15) is 0 Å². The zero-order valence-corrected chi connectivity index (χ0v) is 10.5. The van der Waals surface area contributed by atoms with E-state index in [-0.39, 0.29) is 5.56 Å². The molecule has 1 atom stereocenters. The molecule has 0 aliphatic carbocycles. The van der Waals surface area contributed by atoms with Gasteiger partial charge in [0.15, 0.2) is 0 Å². The van der Waals surface area contributed by atoms with Gasteiger partial charge in [-0.05, 0) is 18.6 Å². The lowest BCUT2D eigenvalue weighted by Gasteiger charge is -2.14. The van der Waals surface area contributed by atoms with E-state index in [1.54, 1.807) is 16.7 Å². The second kappa shape index (κ2) is 6.17. The number of nitrogens with one attached hydrogen (secondary N) is 1. The standard InChI is InChI=1S/C15H18N2O/c1-13(14-7-3-2-4-8-14)16-10-12-17-11-6-5-9-15(17)18/h2-9,11,13,16H,10,12H2,1H3. The third kappa shape index (κ3) is 3.31. The van der Waals surface area contributed by atoms with Gasteiger partial charge in [0.2, 0.25) is 0 Å². The normalized spacial score (nSPS) is 12.3. The van der Waals surface area contributed by atoms with E-state index in [9.17, 15) is 4.79 Å². The van der Waals surface area contributed by atoms with Gasteiger partial charge in [-0.15, -0.1) is 0 Å². The molecule has 0 radical (unpaired) electrons. The van der Waals surface area contributed by atoms with Crippen molar-refractivity contribution in [3.8, 4) is 0 Å². The van der Waals surface area contributed by atoms with Gasteiger partial charge in [0.05, 0.1) is 0 Å². The first-order chi connectivity index (χ1) is 8.77. The number of hydrogen-bond donors (Lipinski definition) is 1. The first-order valence-corrected chi connectivity index (χ1v) is 6.21. The molecule has 0 spiro atoms. The van der Waals surface area contributed by atoms with Crippen LogP contribution in [0.1, 0.15) is 18.5 Å². The zero-order chi connectivity index (χ0) is 12.8. The van der Waals surface area contributed by atoms with Crippen LogP contribution in [0.4, 0.5) is 0 Å². The van der Waals surface area contributed by atoms with Crippen LogP contribution >= 0.6 is 0 Å². The fraction of sp³-hybridized carbons (Fsp3) is 0.267. The first kappa shape index (κ1) is 12.6. The van der Waals surface area contributed by atoms with Gasteiger partial charge in [0.1, 0.15) is 0 Å². The van der Waals surface area contributed by atoms with Crippen molar-refractivity contribution in [3.63, 3.8) is 0 Å². The molecular weight excluding hydrogens is 224 g/mol. The summed E-state index contributed by atoms with van der Waals surface area (Å²) in [5.41, 5.74) is 1.31. The van der Waals surface area contributed by atoms with Crippen LogP contribution in [0.2, 0.25) is 0 Å². The highest BCUT2D eigenvalue weighted by atomic mass is 16.1. The van der Waals surface area contributed by atoms with Crippen molar-refractivity contribution in [1.29, 1.82) is 0 Å². The van der Waals surface area contributed by atoms with E-state index in [0.717, 1.165) is 6.54 Å². The fourth-order valence-corrected chi connectivity index (χ4v) is 1.91. The monoisotopic (exact) mass is 242 g/mol. The van der Waals surface area contributed by atoms with Crippen LogP contribution in [0, 0.1) is 0 Å². The summed E-state index contributed by atoms with van der Waals surface area (Å²) in [6.07, 6.45) is 1.82. The van der Waals surface area contributed by atoms with Crippen molar-refractivity contribution in [2.75, 3.05) is 6.54 Å². The summed E-state index contributed by atoms with van der Waals surface area (Å²) in [5, 5.41) is 3.41. The number of aromatic nitrogens is 1. The van der Waals surface area contributed by atoms with E-state index in [1.165, 1.54) is 5.56 Å². The zero-order valence-electron chi connectivity index (χ0n) is 10.5. The van der Waals surface area contributed by atoms with E-state index in [4.69, 9.17) is 0 Å². The smallest absolute Gasteiger partial charge is 0.250 e. The van der Waals surface area contributed by atoms with Crippen LogP contribution in [0.25, 0.3) is 0 Å². The average Bonchev–Trinajstić information content (AvgIpc) is 2.42. The topological polar surface area (TPSA) is 34.0 Å². The molecular formula is C15H18N2O. The van der Waals surface area contributed by atoms with Gasteiger partial charge < -0.3 is 9.88 Å². The van der Waals surface area contributed by atoms with Gasteiger partial charge in [-0.1, -0.05) is 36.4 Å². The van der Waals surface area contributed by atoms with Crippen molar-refractivity contribution in [2.24, 2.45) is 0 Å². The summed E-state index contributed by atoms with van der Waals surface area (Å²) < 4.78 is 1.71. The van der Waals surface area contributed by atoms with E-state index in [1.807, 2.05) is 30.5 Å². The highest BCUT2D eigenvalue weighted by Crippen LogP contribution is 2.10. The molecule has 0 bridgehead atoms. The molecule has 18 heavy (non-hydrogen) atoms. The third-order valence-electron chi connectivity index (χ3n) is 3.00. The molecule has 1 heterocycles. The van der Waals surface area contributed by atoms with Gasteiger partial charge in [-0.3, -0.25) is 4.79 Å². The molecule has 2 rings (SSSR count). The molecule has 0 amide bonds. The van der Waals surface area contributed by atoms with Crippen molar-refractivity contribution in [2.45, 2.75) is 19.5 Å². The molecule has 0 saturated carbocycles. The molecule has 1 aromatic heterocycles. The Hall–Kier alpha value is -1.87. The predicted molar refractivity (Wildman–Crippen MR) is 73.6 cm³/mol. The molecule has 2 aromatic rings. The van der Waals surface area contributed by atoms with E-state index >= 15 is 0 Å². The van der Waals surface area contributed by atoms with Crippen LogP contribution in [-0.2, 0) is 6.54 Å². The quantitative estimate of drug-likeness (QED) is 0.872. The molecule has 1 aromatic carbocycles. The Morgan fingerprint density at radius 3 is 2.56 bits per heavy atom. The van der Waals surface area contributed by atoms with Crippen molar-refractivity contribution in [3.05, 3.63) is 70.6 Å². The molecule has 0 aliphatic heterocycles. The Morgan fingerprint density at radius 2 is 1.83 bits per heavy atom. The molecule has 3 nitrogen and oxygen atoms in total. The molecule has 94 valence electrons. The Labute approximate surface area is 107 Å².